The lowest BCUT2D eigenvalue weighted by Crippen LogP contribution is -2.30. The van der Waals surface area contributed by atoms with Crippen molar-refractivity contribution in [3.63, 3.8) is 0 Å². The molecule has 4 rings (SSSR count). The number of nitrogen functional groups attached to an aromatic ring is 1. The molecule has 2 aromatic carbocycles. The van der Waals surface area contributed by atoms with Crippen molar-refractivity contribution in [1.82, 2.24) is 9.88 Å². The van der Waals surface area contributed by atoms with Crippen molar-refractivity contribution in [2.24, 2.45) is 11.5 Å². The third-order valence-electron chi connectivity index (χ3n) is 5.65. The monoisotopic (exact) mass is 557 g/mol. The van der Waals surface area contributed by atoms with Crippen LogP contribution in [0.4, 0.5) is 14.5 Å². The highest BCUT2D eigenvalue weighted by Gasteiger charge is 2.31. The van der Waals surface area contributed by atoms with Crippen molar-refractivity contribution >= 4 is 23.5 Å². The van der Waals surface area contributed by atoms with Crippen LogP contribution in [0.3, 0.4) is 0 Å². The van der Waals surface area contributed by atoms with Gasteiger partial charge in [-0.1, -0.05) is 6.07 Å². The Bertz CT molecular complexity index is 1470. The van der Waals surface area contributed by atoms with E-state index in [1.807, 2.05) is 0 Å². The number of nitrogens with zero attached hydrogens (tertiary/aromatic N) is 2. The third-order valence-corrected chi connectivity index (χ3v) is 5.65. The van der Waals surface area contributed by atoms with Gasteiger partial charge in [-0.05, 0) is 36.8 Å². The summed E-state index contributed by atoms with van der Waals surface area (Å²) in [4.78, 5) is 16.4. The first-order valence-electron chi connectivity index (χ1n) is 11.7. The molecule has 0 saturated carbocycles. The van der Waals surface area contributed by atoms with E-state index in [1.165, 1.54) is 36.4 Å². The number of amidine groups is 1. The molecule has 15 heteroatoms. The number of halogens is 2. The number of aliphatic carboxylic acids is 1. The number of rotatable bonds is 10. The van der Waals surface area contributed by atoms with E-state index < -0.39 is 47.0 Å². The number of carbonyl (C=O) groups is 1. The van der Waals surface area contributed by atoms with Crippen molar-refractivity contribution in [2.75, 3.05) is 25.0 Å². The van der Waals surface area contributed by atoms with Gasteiger partial charge in [-0.15, -0.1) is 0 Å². The first-order valence-corrected chi connectivity index (χ1v) is 11.7. The number of aromatic nitrogens is 1. The van der Waals surface area contributed by atoms with Gasteiger partial charge in [0.1, 0.15) is 17.7 Å². The molecule has 0 spiro atoms. The number of aromatic hydroxyl groups is 1. The van der Waals surface area contributed by atoms with Crippen LogP contribution in [-0.4, -0.2) is 63.6 Å². The summed E-state index contributed by atoms with van der Waals surface area (Å²) in [6, 6.07) is 9.60. The summed E-state index contributed by atoms with van der Waals surface area (Å²) in [6.45, 7) is 0.167. The Morgan fingerprint density at radius 2 is 1.85 bits per heavy atom. The van der Waals surface area contributed by atoms with Gasteiger partial charge >= 0.3 is 5.97 Å². The molecule has 13 nitrogen and oxygen atoms in total. The number of likely N-dealkylation sites (tertiary alicyclic amines) is 1. The highest BCUT2D eigenvalue weighted by atomic mass is 19.1. The number of benzene rings is 2. The molecule has 3 aromatic rings. The van der Waals surface area contributed by atoms with Crippen molar-refractivity contribution in [3.8, 4) is 34.8 Å². The molecule has 1 saturated heterocycles. The zero-order valence-electron chi connectivity index (χ0n) is 20.8. The molecule has 1 atom stereocenters. The Labute approximate surface area is 225 Å². The van der Waals surface area contributed by atoms with E-state index in [2.05, 4.69) is 10.3 Å². The van der Waals surface area contributed by atoms with Gasteiger partial charge < -0.3 is 41.2 Å². The number of hydrogen-bond donors (Lipinski definition) is 7. The SMILES string of the molecule is N=C(N)Nc1cccc(Oc2nc(Oc3cc(C(=N)N)ccc3O)c(F)c(OC3CCN(CC(=O)O)C3)c2F)c1. The molecule has 1 fully saturated rings. The van der Waals surface area contributed by atoms with E-state index in [0.29, 0.717) is 18.7 Å². The number of hydrogen-bond acceptors (Lipinski definition) is 9. The first kappa shape index (κ1) is 27.8. The lowest BCUT2D eigenvalue weighted by Gasteiger charge is -2.19. The second-order valence-corrected chi connectivity index (χ2v) is 8.70. The standard InChI is InChI=1S/C25H25F2N7O6/c26-19-21(38-15-6-7-34(10-15)11-18(36)37)20(27)24(40-17-8-12(22(28)29)4-5-16(17)35)33-23(19)39-14-3-1-2-13(9-14)32-25(30)31/h1-5,8-9,15,35H,6-7,10-11H2,(H3,28,29)(H,36,37)(H4,30,31,32). The van der Waals surface area contributed by atoms with Crippen molar-refractivity contribution in [2.45, 2.75) is 12.5 Å². The second kappa shape index (κ2) is 11.7. The Morgan fingerprint density at radius 3 is 2.52 bits per heavy atom. The summed E-state index contributed by atoms with van der Waals surface area (Å²) >= 11 is 0. The van der Waals surface area contributed by atoms with Gasteiger partial charge in [0.15, 0.2) is 17.5 Å². The molecular weight excluding hydrogens is 532 g/mol. The summed E-state index contributed by atoms with van der Waals surface area (Å²) in [7, 11) is 0. The molecule has 0 radical (unpaired) electrons. The van der Waals surface area contributed by atoms with Gasteiger partial charge in [0, 0.05) is 30.4 Å². The molecule has 0 amide bonds. The zero-order valence-corrected chi connectivity index (χ0v) is 20.8. The average molecular weight is 558 g/mol. The number of nitrogens with two attached hydrogens (primary N) is 2. The molecule has 0 bridgehead atoms. The van der Waals surface area contributed by atoms with E-state index in [9.17, 15) is 9.90 Å². The molecule has 9 N–H and O–H groups in total. The topological polar surface area (TPSA) is 213 Å². The first-order chi connectivity index (χ1) is 19.0. The van der Waals surface area contributed by atoms with E-state index in [-0.39, 0.29) is 41.9 Å². The van der Waals surface area contributed by atoms with Crippen LogP contribution < -0.4 is 31.0 Å². The van der Waals surface area contributed by atoms with Crippen LogP contribution in [0.25, 0.3) is 0 Å². The van der Waals surface area contributed by atoms with Gasteiger partial charge in [-0.2, -0.15) is 13.8 Å². The van der Waals surface area contributed by atoms with E-state index >= 15 is 8.78 Å². The lowest BCUT2D eigenvalue weighted by atomic mass is 10.2. The number of phenols is 1. The van der Waals surface area contributed by atoms with Crippen molar-refractivity contribution in [1.29, 1.82) is 10.8 Å². The molecule has 1 aromatic heterocycles. The van der Waals surface area contributed by atoms with Crippen LogP contribution in [0.1, 0.15) is 12.0 Å². The van der Waals surface area contributed by atoms with Gasteiger partial charge in [0.05, 0.1) is 6.54 Å². The van der Waals surface area contributed by atoms with E-state index in [1.54, 1.807) is 11.0 Å². The van der Waals surface area contributed by atoms with Crippen LogP contribution in [0.15, 0.2) is 42.5 Å². The largest absolute Gasteiger partial charge is 0.504 e. The number of nitrogens with one attached hydrogen (secondary N) is 3. The summed E-state index contributed by atoms with van der Waals surface area (Å²) in [5.74, 6) is -7.58. The van der Waals surface area contributed by atoms with E-state index in [0.717, 1.165) is 0 Å². The van der Waals surface area contributed by atoms with Crippen molar-refractivity contribution < 1.29 is 38.0 Å². The number of anilines is 1. The number of ether oxygens (including phenoxy) is 3. The third kappa shape index (κ3) is 6.63. The fourth-order valence-electron chi connectivity index (χ4n) is 3.89. The summed E-state index contributed by atoms with van der Waals surface area (Å²) in [5, 5.41) is 36.7. The van der Waals surface area contributed by atoms with Crippen LogP contribution >= 0.6 is 0 Å². The maximum absolute atomic E-state index is 15.6. The van der Waals surface area contributed by atoms with Gasteiger partial charge in [0.2, 0.25) is 17.4 Å². The lowest BCUT2D eigenvalue weighted by molar-refractivity contribution is -0.138. The van der Waals surface area contributed by atoms with Crippen LogP contribution in [0.5, 0.6) is 34.8 Å². The number of guanidine groups is 1. The number of pyridine rings is 1. The Balaban J connectivity index is 1.72. The maximum atomic E-state index is 15.6. The van der Waals surface area contributed by atoms with Crippen LogP contribution in [-0.2, 0) is 4.79 Å². The van der Waals surface area contributed by atoms with Crippen LogP contribution in [0.2, 0.25) is 0 Å². The second-order valence-electron chi connectivity index (χ2n) is 8.70. The van der Waals surface area contributed by atoms with Crippen LogP contribution in [0, 0.1) is 22.5 Å². The minimum atomic E-state index is -1.35. The summed E-state index contributed by atoms with van der Waals surface area (Å²) in [5.41, 5.74) is 11.3. The predicted molar refractivity (Wildman–Crippen MR) is 139 cm³/mol. The minimum absolute atomic E-state index is 0.0380. The predicted octanol–water partition coefficient (Wildman–Crippen LogP) is 2.78. The van der Waals surface area contributed by atoms with E-state index in [4.69, 9.17) is 41.6 Å². The van der Waals surface area contributed by atoms with Gasteiger partial charge in [0.25, 0.3) is 11.8 Å². The normalized spacial score (nSPS) is 14.9. The zero-order chi connectivity index (χ0) is 29.0. The fourth-order valence-corrected chi connectivity index (χ4v) is 3.89. The average Bonchev–Trinajstić information content (AvgIpc) is 3.31. The maximum Gasteiger partial charge on any atom is 0.317 e. The van der Waals surface area contributed by atoms with Crippen molar-refractivity contribution in [3.05, 3.63) is 59.7 Å². The minimum Gasteiger partial charge on any atom is -0.504 e. The highest BCUT2D eigenvalue weighted by Crippen LogP contribution is 2.40. The quantitative estimate of drug-likeness (QED) is 0.142. The number of phenolic OH excluding ortho intramolecular Hbond substituents is 1. The molecule has 1 unspecified atom stereocenters. The Hall–Kier alpha value is -5.18. The smallest absolute Gasteiger partial charge is 0.317 e. The van der Waals surface area contributed by atoms with Gasteiger partial charge in [-0.25, -0.2) is 0 Å². The molecular formula is C25H25F2N7O6. The molecule has 210 valence electrons. The molecule has 0 aliphatic carbocycles. The highest BCUT2D eigenvalue weighted by molar-refractivity contribution is 5.95. The fraction of sp³-hybridized carbons (Fsp3) is 0.200. The number of carboxylic acid groups (broad SMARTS) is 1. The summed E-state index contributed by atoms with van der Waals surface area (Å²) < 4.78 is 47.8. The summed E-state index contributed by atoms with van der Waals surface area (Å²) in [6.07, 6.45) is -0.467. The Kier molecular flexibility index (Phi) is 8.14. The molecule has 2 heterocycles. The molecule has 1 aliphatic rings. The number of carboxylic acids is 1. The Morgan fingerprint density at radius 1 is 1.12 bits per heavy atom. The molecule has 1 aliphatic heterocycles. The van der Waals surface area contributed by atoms with Gasteiger partial charge in [-0.3, -0.25) is 20.5 Å². The molecule has 40 heavy (non-hydrogen) atoms.